The van der Waals surface area contributed by atoms with Crippen LogP contribution in [0, 0.1) is 12.8 Å². The van der Waals surface area contributed by atoms with Crippen molar-refractivity contribution >= 4 is 11.3 Å². The highest BCUT2D eigenvalue weighted by molar-refractivity contribution is 7.09. The van der Waals surface area contributed by atoms with Gasteiger partial charge in [-0.1, -0.05) is 13.8 Å². The topological polar surface area (TPSA) is 34.1 Å². The van der Waals surface area contributed by atoms with E-state index in [9.17, 15) is 0 Å². The molecule has 0 radical (unpaired) electrons. The SMILES string of the molecule is Cc1ncsc1CCOCCCNCC(C)C. The van der Waals surface area contributed by atoms with Gasteiger partial charge in [0.25, 0.3) is 0 Å². The maximum absolute atomic E-state index is 5.61. The van der Waals surface area contributed by atoms with Crippen molar-refractivity contribution in [3.05, 3.63) is 16.1 Å². The Labute approximate surface area is 109 Å². The second-order valence-electron chi connectivity index (χ2n) is 4.67. The summed E-state index contributed by atoms with van der Waals surface area (Å²) in [5.41, 5.74) is 3.05. The van der Waals surface area contributed by atoms with E-state index in [2.05, 4.69) is 31.1 Å². The number of thiazole rings is 1. The maximum atomic E-state index is 5.61. The van der Waals surface area contributed by atoms with Crippen molar-refractivity contribution in [1.82, 2.24) is 10.3 Å². The number of ether oxygens (including phenoxy) is 1. The van der Waals surface area contributed by atoms with Crippen LogP contribution in [0.5, 0.6) is 0 Å². The Morgan fingerprint density at radius 2 is 2.24 bits per heavy atom. The Morgan fingerprint density at radius 1 is 1.41 bits per heavy atom. The van der Waals surface area contributed by atoms with Gasteiger partial charge in [-0.2, -0.15) is 0 Å². The minimum atomic E-state index is 0.727. The van der Waals surface area contributed by atoms with Gasteiger partial charge in [-0.15, -0.1) is 11.3 Å². The first kappa shape index (κ1) is 14.6. The van der Waals surface area contributed by atoms with E-state index < -0.39 is 0 Å². The molecule has 0 unspecified atom stereocenters. The molecule has 0 spiro atoms. The zero-order valence-corrected chi connectivity index (χ0v) is 12.0. The van der Waals surface area contributed by atoms with Gasteiger partial charge in [-0.25, -0.2) is 4.98 Å². The second-order valence-corrected chi connectivity index (χ2v) is 5.61. The van der Waals surface area contributed by atoms with Crippen LogP contribution in [0.3, 0.4) is 0 Å². The summed E-state index contributed by atoms with van der Waals surface area (Å²) in [5.74, 6) is 0.727. The van der Waals surface area contributed by atoms with Crippen LogP contribution in [-0.2, 0) is 11.2 Å². The molecule has 0 aromatic carbocycles. The van der Waals surface area contributed by atoms with Crippen molar-refractivity contribution in [2.75, 3.05) is 26.3 Å². The Bertz CT molecular complexity index is 299. The summed E-state index contributed by atoms with van der Waals surface area (Å²) in [6, 6.07) is 0. The van der Waals surface area contributed by atoms with Crippen LogP contribution in [0.2, 0.25) is 0 Å². The summed E-state index contributed by atoms with van der Waals surface area (Å²) in [5, 5.41) is 3.41. The van der Waals surface area contributed by atoms with Gasteiger partial charge in [0.15, 0.2) is 0 Å². The van der Waals surface area contributed by atoms with E-state index in [-0.39, 0.29) is 0 Å². The van der Waals surface area contributed by atoms with Crippen molar-refractivity contribution < 1.29 is 4.74 Å². The van der Waals surface area contributed by atoms with Gasteiger partial charge in [-0.05, 0) is 32.4 Å². The molecule has 1 N–H and O–H groups in total. The number of hydrogen-bond donors (Lipinski definition) is 1. The number of aromatic nitrogens is 1. The van der Waals surface area contributed by atoms with Crippen LogP contribution in [0.25, 0.3) is 0 Å². The van der Waals surface area contributed by atoms with Crippen LogP contribution in [0.4, 0.5) is 0 Å². The normalized spacial score (nSPS) is 11.3. The quantitative estimate of drug-likeness (QED) is 0.690. The lowest BCUT2D eigenvalue weighted by atomic mass is 10.2. The second kappa shape index (κ2) is 8.61. The van der Waals surface area contributed by atoms with Crippen LogP contribution in [-0.4, -0.2) is 31.3 Å². The van der Waals surface area contributed by atoms with Gasteiger partial charge in [-0.3, -0.25) is 0 Å². The largest absolute Gasteiger partial charge is 0.381 e. The van der Waals surface area contributed by atoms with Crippen molar-refractivity contribution in [1.29, 1.82) is 0 Å². The molecule has 1 rings (SSSR count). The van der Waals surface area contributed by atoms with Crippen LogP contribution < -0.4 is 5.32 Å². The van der Waals surface area contributed by atoms with E-state index >= 15 is 0 Å². The van der Waals surface area contributed by atoms with Gasteiger partial charge in [0, 0.05) is 17.9 Å². The Kier molecular flexibility index (Phi) is 7.40. The van der Waals surface area contributed by atoms with Crippen molar-refractivity contribution in [3.8, 4) is 0 Å². The summed E-state index contributed by atoms with van der Waals surface area (Å²) < 4.78 is 5.61. The number of hydrogen-bond acceptors (Lipinski definition) is 4. The van der Waals surface area contributed by atoms with Crippen LogP contribution in [0.1, 0.15) is 30.8 Å². The summed E-state index contributed by atoms with van der Waals surface area (Å²) in [6.45, 7) is 10.3. The lowest BCUT2D eigenvalue weighted by molar-refractivity contribution is 0.135. The number of nitrogens with zero attached hydrogens (tertiary/aromatic N) is 1. The third-order valence-electron chi connectivity index (χ3n) is 2.51. The lowest BCUT2D eigenvalue weighted by Crippen LogP contribution is -2.21. The molecule has 0 saturated carbocycles. The van der Waals surface area contributed by atoms with Gasteiger partial charge < -0.3 is 10.1 Å². The standard InChI is InChI=1S/C13H24N2OS/c1-11(2)9-14-6-4-7-16-8-5-13-12(3)15-10-17-13/h10-11,14H,4-9H2,1-3H3. The number of rotatable bonds is 9. The summed E-state index contributed by atoms with van der Waals surface area (Å²) in [4.78, 5) is 5.58. The number of nitrogens with one attached hydrogen (secondary N) is 1. The fourth-order valence-corrected chi connectivity index (χ4v) is 2.29. The molecule has 0 aliphatic heterocycles. The Hall–Kier alpha value is -0.450. The van der Waals surface area contributed by atoms with Gasteiger partial charge in [0.05, 0.1) is 17.8 Å². The average molecular weight is 256 g/mol. The monoisotopic (exact) mass is 256 g/mol. The Morgan fingerprint density at radius 3 is 2.88 bits per heavy atom. The van der Waals surface area contributed by atoms with Crippen molar-refractivity contribution in [2.24, 2.45) is 5.92 Å². The summed E-state index contributed by atoms with van der Waals surface area (Å²) in [6.07, 6.45) is 2.09. The average Bonchev–Trinajstić information content (AvgIpc) is 2.68. The predicted molar refractivity (Wildman–Crippen MR) is 73.7 cm³/mol. The molecule has 4 heteroatoms. The van der Waals surface area contributed by atoms with Crippen LogP contribution in [0.15, 0.2) is 5.51 Å². The minimum absolute atomic E-state index is 0.727. The molecule has 0 bridgehead atoms. The molecule has 0 atom stereocenters. The van der Waals surface area contributed by atoms with Gasteiger partial charge in [0.2, 0.25) is 0 Å². The Balaban J connectivity index is 1.90. The highest BCUT2D eigenvalue weighted by atomic mass is 32.1. The summed E-state index contributed by atoms with van der Waals surface area (Å²) >= 11 is 1.72. The molecule has 17 heavy (non-hydrogen) atoms. The van der Waals surface area contributed by atoms with Gasteiger partial charge >= 0.3 is 0 Å². The fraction of sp³-hybridized carbons (Fsp3) is 0.769. The van der Waals surface area contributed by atoms with Crippen LogP contribution >= 0.6 is 11.3 Å². The van der Waals surface area contributed by atoms with E-state index in [1.165, 1.54) is 4.88 Å². The zero-order chi connectivity index (χ0) is 12.5. The minimum Gasteiger partial charge on any atom is -0.381 e. The molecule has 3 nitrogen and oxygen atoms in total. The maximum Gasteiger partial charge on any atom is 0.0797 e. The first-order valence-electron chi connectivity index (χ1n) is 6.37. The molecule has 0 aliphatic carbocycles. The van der Waals surface area contributed by atoms with E-state index in [4.69, 9.17) is 4.74 Å². The molecule has 1 aromatic heterocycles. The van der Waals surface area contributed by atoms with E-state index in [1.807, 2.05) is 5.51 Å². The highest BCUT2D eigenvalue weighted by Gasteiger charge is 2.00. The molecule has 98 valence electrons. The first-order chi connectivity index (χ1) is 8.20. The first-order valence-corrected chi connectivity index (χ1v) is 7.25. The van der Waals surface area contributed by atoms with Gasteiger partial charge in [0.1, 0.15) is 0 Å². The van der Waals surface area contributed by atoms with Crippen molar-refractivity contribution in [3.63, 3.8) is 0 Å². The third kappa shape index (κ3) is 6.76. The highest BCUT2D eigenvalue weighted by Crippen LogP contribution is 2.12. The molecule has 1 heterocycles. The molecule has 0 fully saturated rings. The predicted octanol–water partition coefficient (Wildman–Crippen LogP) is 2.65. The molecular weight excluding hydrogens is 232 g/mol. The molecule has 0 saturated heterocycles. The molecule has 0 aliphatic rings. The number of aryl methyl sites for hydroxylation is 1. The van der Waals surface area contributed by atoms with E-state index in [0.717, 1.165) is 50.8 Å². The van der Waals surface area contributed by atoms with E-state index in [1.54, 1.807) is 11.3 Å². The smallest absolute Gasteiger partial charge is 0.0797 e. The molecular formula is C13H24N2OS. The third-order valence-corrected chi connectivity index (χ3v) is 3.51. The summed E-state index contributed by atoms with van der Waals surface area (Å²) in [7, 11) is 0. The molecule has 0 amide bonds. The lowest BCUT2D eigenvalue weighted by Gasteiger charge is -2.07. The molecule has 1 aromatic rings. The van der Waals surface area contributed by atoms with E-state index in [0.29, 0.717) is 0 Å². The van der Waals surface area contributed by atoms with Crippen molar-refractivity contribution in [2.45, 2.75) is 33.6 Å². The fourth-order valence-electron chi connectivity index (χ4n) is 1.52. The zero-order valence-electron chi connectivity index (χ0n) is 11.2.